The standard InChI is InChI=1S/C28H32N2O4S/c1-19-10-15-25(34-3)24(17-19)30(26(31)18-23-9-6-16-35-23)27(20-11-13-22(33-2)14-12-20)28(32)29-21-7-4-5-8-21/h6,9-17,21,27H,4-5,7-8,18H2,1-3H3,(H,29,32)/t27-/m0/s1. The molecule has 1 heterocycles. The van der Waals surface area contributed by atoms with E-state index in [0.717, 1.165) is 36.1 Å². The average Bonchev–Trinajstić information content (AvgIpc) is 3.57. The highest BCUT2D eigenvalue weighted by Crippen LogP contribution is 2.37. The number of aryl methyl sites for hydroxylation is 1. The van der Waals surface area contributed by atoms with Gasteiger partial charge in [-0.25, -0.2) is 0 Å². The first kappa shape index (κ1) is 24.8. The van der Waals surface area contributed by atoms with Crippen molar-refractivity contribution >= 4 is 28.8 Å². The summed E-state index contributed by atoms with van der Waals surface area (Å²) in [5.74, 6) is 0.875. The third kappa shape index (κ3) is 5.85. The van der Waals surface area contributed by atoms with Crippen LogP contribution in [0.2, 0.25) is 0 Å². The van der Waals surface area contributed by atoms with Crippen molar-refractivity contribution in [3.8, 4) is 11.5 Å². The zero-order chi connectivity index (χ0) is 24.8. The Labute approximate surface area is 210 Å². The van der Waals surface area contributed by atoms with Crippen molar-refractivity contribution in [2.45, 2.75) is 51.1 Å². The molecule has 3 aromatic rings. The lowest BCUT2D eigenvalue weighted by Crippen LogP contribution is -2.47. The van der Waals surface area contributed by atoms with Crippen molar-refractivity contribution in [2.24, 2.45) is 0 Å². The lowest BCUT2D eigenvalue weighted by Gasteiger charge is -2.33. The van der Waals surface area contributed by atoms with Crippen LogP contribution in [0.15, 0.2) is 60.0 Å². The number of nitrogens with zero attached hydrogens (tertiary/aromatic N) is 1. The molecule has 0 radical (unpaired) electrons. The molecule has 0 saturated heterocycles. The van der Waals surface area contributed by atoms with Gasteiger partial charge in [-0.15, -0.1) is 11.3 Å². The summed E-state index contributed by atoms with van der Waals surface area (Å²) in [4.78, 5) is 30.4. The van der Waals surface area contributed by atoms with Gasteiger partial charge in [0.2, 0.25) is 11.8 Å². The Morgan fingerprint density at radius 1 is 1.06 bits per heavy atom. The van der Waals surface area contributed by atoms with E-state index in [2.05, 4.69) is 5.32 Å². The van der Waals surface area contributed by atoms with Crippen LogP contribution in [0.25, 0.3) is 0 Å². The van der Waals surface area contributed by atoms with Gasteiger partial charge in [-0.1, -0.05) is 37.1 Å². The minimum atomic E-state index is -0.857. The molecule has 4 rings (SSSR count). The van der Waals surface area contributed by atoms with Crippen LogP contribution in [0.1, 0.15) is 47.7 Å². The van der Waals surface area contributed by atoms with Crippen molar-refractivity contribution in [3.63, 3.8) is 0 Å². The molecule has 1 aliphatic rings. The van der Waals surface area contributed by atoms with Gasteiger partial charge in [-0.2, -0.15) is 0 Å². The van der Waals surface area contributed by atoms with Crippen LogP contribution in [0.4, 0.5) is 5.69 Å². The van der Waals surface area contributed by atoms with Gasteiger partial charge < -0.3 is 14.8 Å². The van der Waals surface area contributed by atoms with Crippen LogP contribution in [-0.4, -0.2) is 32.1 Å². The van der Waals surface area contributed by atoms with E-state index in [4.69, 9.17) is 9.47 Å². The first-order valence-electron chi connectivity index (χ1n) is 11.9. The van der Waals surface area contributed by atoms with Gasteiger partial charge >= 0.3 is 0 Å². The number of carbonyl (C=O) groups is 2. The first-order chi connectivity index (χ1) is 17.0. The number of hydrogen-bond donors (Lipinski definition) is 1. The van der Waals surface area contributed by atoms with E-state index in [9.17, 15) is 9.59 Å². The average molecular weight is 493 g/mol. The van der Waals surface area contributed by atoms with E-state index >= 15 is 0 Å². The zero-order valence-corrected chi connectivity index (χ0v) is 21.3. The van der Waals surface area contributed by atoms with E-state index in [0.29, 0.717) is 22.7 Å². The highest BCUT2D eigenvalue weighted by Gasteiger charge is 2.36. The Morgan fingerprint density at radius 3 is 2.43 bits per heavy atom. The molecule has 1 aliphatic carbocycles. The van der Waals surface area contributed by atoms with Crippen molar-refractivity contribution in [1.29, 1.82) is 0 Å². The molecular formula is C28H32N2O4S. The summed E-state index contributed by atoms with van der Waals surface area (Å²) in [7, 11) is 3.19. The lowest BCUT2D eigenvalue weighted by atomic mass is 10.0. The van der Waals surface area contributed by atoms with Gasteiger partial charge in [-0.05, 0) is 66.6 Å². The van der Waals surface area contributed by atoms with E-state index < -0.39 is 6.04 Å². The number of nitrogens with one attached hydrogen (secondary N) is 1. The van der Waals surface area contributed by atoms with Crippen molar-refractivity contribution in [3.05, 3.63) is 76.0 Å². The molecule has 35 heavy (non-hydrogen) atoms. The summed E-state index contributed by atoms with van der Waals surface area (Å²) in [5.41, 5.74) is 2.26. The number of thiophene rings is 1. The van der Waals surface area contributed by atoms with Gasteiger partial charge in [0.05, 0.1) is 26.3 Å². The highest BCUT2D eigenvalue weighted by atomic mass is 32.1. The minimum Gasteiger partial charge on any atom is -0.497 e. The highest BCUT2D eigenvalue weighted by molar-refractivity contribution is 7.10. The third-order valence-electron chi connectivity index (χ3n) is 6.41. The monoisotopic (exact) mass is 492 g/mol. The van der Waals surface area contributed by atoms with Gasteiger partial charge in [0.15, 0.2) is 0 Å². The molecule has 0 aliphatic heterocycles. The molecule has 2 amide bonds. The van der Waals surface area contributed by atoms with Crippen LogP contribution in [0, 0.1) is 6.92 Å². The van der Waals surface area contributed by atoms with Crippen molar-refractivity contribution in [1.82, 2.24) is 5.32 Å². The summed E-state index contributed by atoms with van der Waals surface area (Å²) in [6.45, 7) is 1.96. The Kier molecular flexibility index (Phi) is 8.08. The summed E-state index contributed by atoms with van der Waals surface area (Å²) >= 11 is 1.53. The van der Waals surface area contributed by atoms with Gasteiger partial charge in [0.25, 0.3) is 0 Å². The first-order valence-corrected chi connectivity index (χ1v) is 12.8. The fourth-order valence-electron chi connectivity index (χ4n) is 4.61. The molecule has 184 valence electrons. The topological polar surface area (TPSA) is 67.9 Å². The van der Waals surface area contributed by atoms with Crippen LogP contribution < -0.4 is 19.7 Å². The van der Waals surface area contributed by atoms with E-state index in [1.165, 1.54) is 11.3 Å². The van der Waals surface area contributed by atoms with Crippen LogP contribution >= 0.6 is 11.3 Å². The fraction of sp³-hybridized carbons (Fsp3) is 0.357. The zero-order valence-electron chi connectivity index (χ0n) is 20.5. The Morgan fingerprint density at radius 2 is 1.80 bits per heavy atom. The van der Waals surface area contributed by atoms with Gasteiger partial charge in [0.1, 0.15) is 17.5 Å². The summed E-state index contributed by atoms with van der Waals surface area (Å²) in [6.07, 6.45) is 4.31. The molecule has 0 spiro atoms. The predicted octanol–water partition coefficient (Wildman–Crippen LogP) is 5.45. The normalized spacial score (nSPS) is 14.4. The molecule has 2 aromatic carbocycles. The third-order valence-corrected chi connectivity index (χ3v) is 7.28. The molecule has 7 heteroatoms. The molecule has 1 saturated carbocycles. The summed E-state index contributed by atoms with van der Waals surface area (Å²) < 4.78 is 11.0. The molecule has 0 unspecified atom stereocenters. The summed E-state index contributed by atoms with van der Waals surface area (Å²) in [5, 5.41) is 5.17. The van der Waals surface area contributed by atoms with E-state index in [1.54, 1.807) is 19.1 Å². The minimum absolute atomic E-state index is 0.122. The maximum absolute atomic E-state index is 13.9. The molecule has 6 nitrogen and oxygen atoms in total. The molecule has 1 atom stereocenters. The van der Waals surface area contributed by atoms with E-state index in [1.807, 2.05) is 66.9 Å². The summed E-state index contributed by atoms with van der Waals surface area (Å²) in [6, 6.07) is 16.2. The number of methoxy groups -OCH3 is 2. The second kappa shape index (κ2) is 11.4. The maximum atomic E-state index is 13.9. The molecule has 1 N–H and O–H groups in total. The number of ether oxygens (including phenoxy) is 2. The number of amides is 2. The van der Waals surface area contributed by atoms with Gasteiger partial charge in [-0.3, -0.25) is 14.5 Å². The Bertz CT molecular complexity index is 1140. The predicted molar refractivity (Wildman–Crippen MR) is 139 cm³/mol. The van der Waals surface area contributed by atoms with Gasteiger partial charge in [0, 0.05) is 10.9 Å². The number of anilines is 1. The molecular weight excluding hydrogens is 460 g/mol. The Balaban J connectivity index is 1.82. The van der Waals surface area contributed by atoms with Crippen LogP contribution in [-0.2, 0) is 16.0 Å². The lowest BCUT2D eigenvalue weighted by molar-refractivity contribution is -0.127. The molecule has 1 aromatic heterocycles. The van der Waals surface area contributed by atoms with Crippen molar-refractivity contribution < 1.29 is 19.1 Å². The molecule has 1 fully saturated rings. The maximum Gasteiger partial charge on any atom is 0.248 e. The Hall–Kier alpha value is -3.32. The van der Waals surface area contributed by atoms with E-state index in [-0.39, 0.29) is 24.3 Å². The van der Waals surface area contributed by atoms with Crippen molar-refractivity contribution in [2.75, 3.05) is 19.1 Å². The molecule has 0 bridgehead atoms. The smallest absolute Gasteiger partial charge is 0.248 e. The SMILES string of the molecule is COc1ccc([C@@H](C(=O)NC2CCCC2)N(C(=O)Cc2cccs2)c2cc(C)ccc2OC)cc1. The quantitative estimate of drug-likeness (QED) is 0.431. The van der Waals surface area contributed by atoms with Crippen LogP contribution in [0.5, 0.6) is 11.5 Å². The number of hydrogen-bond acceptors (Lipinski definition) is 5. The largest absolute Gasteiger partial charge is 0.497 e. The second-order valence-electron chi connectivity index (χ2n) is 8.86. The second-order valence-corrected chi connectivity index (χ2v) is 9.89. The fourth-order valence-corrected chi connectivity index (χ4v) is 5.30. The number of carbonyl (C=O) groups excluding carboxylic acids is 2. The number of benzene rings is 2. The number of rotatable bonds is 9. The van der Waals surface area contributed by atoms with Crippen LogP contribution in [0.3, 0.4) is 0 Å².